The molecule has 0 aromatic rings. The molecule has 0 heterocycles. The summed E-state index contributed by atoms with van der Waals surface area (Å²) in [5.74, 6) is -0.0395. The summed E-state index contributed by atoms with van der Waals surface area (Å²) in [6, 6.07) is 0. The van der Waals surface area contributed by atoms with Crippen LogP contribution in [-0.2, 0) is 4.79 Å². The molecule has 0 spiro atoms. The molecule has 0 amide bonds. The molecule has 0 radical (unpaired) electrons. The molecule has 2 heteroatoms. The minimum absolute atomic E-state index is 0.0395. The van der Waals surface area contributed by atoms with Crippen molar-refractivity contribution in [3.8, 4) is 0 Å². The SMILES string of the molecule is C=CC(CCCCCCCCCCCC)C(=O)S. The molecule has 0 fully saturated rings. The molecular formula is C16H30OS. The van der Waals surface area contributed by atoms with Crippen molar-refractivity contribution in [1.82, 2.24) is 0 Å². The molecule has 0 rings (SSSR count). The molecule has 0 aromatic carbocycles. The Kier molecular flexibility index (Phi) is 13.0. The van der Waals surface area contributed by atoms with Gasteiger partial charge in [-0.25, -0.2) is 0 Å². The molecule has 0 saturated heterocycles. The lowest BCUT2D eigenvalue weighted by molar-refractivity contribution is -0.113. The second-order valence-corrected chi connectivity index (χ2v) is 5.59. The van der Waals surface area contributed by atoms with Gasteiger partial charge in [0.05, 0.1) is 0 Å². The van der Waals surface area contributed by atoms with Gasteiger partial charge in [-0.1, -0.05) is 77.2 Å². The second kappa shape index (κ2) is 13.2. The van der Waals surface area contributed by atoms with Crippen molar-refractivity contribution < 1.29 is 4.79 Å². The van der Waals surface area contributed by atoms with Crippen molar-refractivity contribution in [2.75, 3.05) is 0 Å². The largest absolute Gasteiger partial charge is 0.287 e. The van der Waals surface area contributed by atoms with Crippen molar-refractivity contribution >= 4 is 17.7 Å². The lowest BCUT2D eigenvalue weighted by Gasteiger charge is -2.07. The minimum atomic E-state index is -0.0408. The highest BCUT2D eigenvalue weighted by Crippen LogP contribution is 2.16. The third-order valence-corrected chi connectivity index (χ3v) is 3.80. The van der Waals surface area contributed by atoms with Crippen molar-refractivity contribution in [2.45, 2.75) is 77.6 Å². The third-order valence-electron chi connectivity index (χ3n) is 3.47. The van der Waals surface area contributed by atoms with Gasteiger partial charge >= 0.3 is 0 Å². The van der Waals surface area contributed by atoms with Crippen LogP contribution in [0.15, 0.2) is 12.7 Å². The van der Waals surface area contributed by atoms with E-state index in [4.69, 9.17) is 0 Å². The molecule has 0 aliphatic heterocycles. The molecule has 106 valence electrons. The molecule has 1 atom stereocenters. The highest BCUT2D eigenvalue weighted by molar-refractivity contribution is 7.96. The number of carbonyl (C=O) groups is 1. The first-order valence-corrected chi connectivity index (χ1v) is 8.02. The molecule has 1 unspecified atom stereocenters. The van der Waals surface area contributed by atoms with Crippen LogP contribution in [0.1, 0.15) is 77.6 Å². The van der Waals surface area contributed by atoms with Gasteiger partial charge in [0.2, 0.25) is 0 Å². The first-order chi connectivity index (χ1) is 8.72. The molecule has 1 nitrogen and oxygen atoms in total. The number of hydrogen-bond donors (Lipinski definition) is 1. The summed E-state index contributed by atoms with van der Waals surface area (Å²) in [5, 5.41) is -0.0408. The maximum absolute atomic E-state index is 11.1. The van der Waals surface area contributed by atoms with E-state index in [9.17, 15) is 4.79 Å². The van der Waals surface area contributed by atoms with Crippen LogP contribution in [0.3, 0.4) is 0 Å². The van der Waals surface area contributed by atoms with E-state index >= 15 is 0 Å². The smallest absolute Gasteiger partial charge is 0.192 e. The van der Waals surface area contributed by atoms with Gasteiger partial charge in [0, 0.05) is 5.92 Å². The van der Waals surface area contributed by atoms with E-state index in [1.54, 1.807) is 6.08 Å². The number of rotatable bonds is 13. The molecule has 0 aromatic heterocycles. The van der Waals surface area contributed by atoms with Crippen LogP contribution >= 0.6 is 12.6 Å². The summed E-state index contributed by atoms with van der Waals surface area (Å²) in [7, 11) is 0. The molecule has 18 heavy (non-hydrogen) atoms. The number of carbonyl (C=O) groups excluding carboxylic acids is 1. The molecule has 0 bridgehead atoms. The van der Waals surface area contributed by atoms with Gasteiger partial charge in [-0.2, -0.15) is 0 Å². The molecule has 0 aliphatic carbocycles. The zero-order chi connectivity index (χ0) is 13.6. The summed E-state index contributed by atoms with van der Waals surface area (Å²) in [4.78, 5) is 11.1. The zero-order valence-electron chi connectivity index (χ0n) is 12.0. The number of unbranched alkanes of at least 4 members (excludes halogenated alkanes) is 9. The fourth-order valence-corrected chi connectivity index (χ4v) is 2.43. The van der Waals surface area contributed by atoms with E-state index in [0.29, 0.717) is 0 Å². The summed E-state index contributed by atoms with van der Waals surface area (Å²) < 4.78 is 0. The first-order valence-electron chi connectivity index (χ1n) is 7.57. The van der Waals surface area contributed by atoms with E-state index in [-0.39, 0.29) is 11.0 Å². The molecular weight excluding hydrogens is 240 g/mol. The lowest BCUT2D eigenvalue weighted by atomic mass is 10.0. The van der Waals surface area contributed by atoms with Crippen LogP contribution < -0.4 is 0 Å². The highest BCUT2D eigenvalue weighted by atomic mass is 32.1. The standard InChI is InChI=1S/C16H30OS/c1-3-5-6-7-8-9-10-11-12-13-14-15(4-2)16(17)18/h4,15H,2-3,5-14H2,1H3,(H,17,18). The normalized spacial score (nSPS) is 12.3. The average Bonchev–Trinajstić information content (AvgIpc) is 2.35. The van der Waals surface area contributed by atoms with Crippen molar-refractivity contribution in [3.05, 3.63) is 12.7 Å². The van der Waals surface area contributed by atoms with Gasteiger partial charge in [-0.05, 0) is 6.42 Å². The minimum Gasteiger partial charge on any atom is -0.287 e. The zero-order valence-corrected chi connectivity index (χ0v) is 12.9. The van der Waals surface area contributed by atoms with Crippen molar-refractivity contribution in [3.63, 3.8) is 0 Å². The Morgan fingerprint density at radius 1 is 1.00 bits per heavy atom. The van der Waals surface area contributed by atoms with Crippen LogP contribution in [0.25, 0.3) is 0 Å². The fraction of sp³-hybridized carbons (Fsp3) is 0.812. The van der Waals surface area contributed by atoms with Gasteiger partial charge < -0.3 is 0 Å². The van der Waals surface area contributed by atoms with E-state index < -0.39 is 0 Å². The molecule has 0 N–H and O–H groups in total. The van der Waals surface area contributed by atoms with Crippen LogP contribution in [0, 0.1) is 5.92 Å². The first kappa shape index (κ1) is 17.8. The topological polar surface area (TPSA) is 17.1 Å². The van der Waals surface area contributed by atoms with Crippen molar-refractivity contribution in [2.24, 2.45) is 5.92 Å². The Bertz CT molecular complexity index is 213. The van der Waals surface area contributed by atoms with Gasteiger partial charge in [-0.3, -0.25) is 4.79 Å². The Hall–Kier alpha value is -0.240. The van der Waals surface area contributed by atoms with Crippen LogP contribution in [-0.4, -0.2) is 5.12 Å². The van der Waals surface area contributed by atoms with E-state index in [0.717, 1.165) is 12.8 Å². The van der Waals surface area contributed by atoms with Gasteiger partial charge in [0.15, 0.2) is 5.12 Å². The number of allylic oxidation sites excluding steroid dienone is 1. The van der Waals surface area contributed by atoms with Crippen molar-refractivity contribution in [1.29, 1.82) is 0 Å². The maximum Gasteiger partial charge on any atom is 0.192 e. The summed E-state index contributed by atoms with van der Waals surface area (Å²) in [5.41, 5.74) is 0. The fourth-order valence-electron chi connectivity index (χ4n) is 2.19. The molecule has 0 saturated carbocycles. The highest BCUT2D eigenvalue weighted by Gasteiger charge is 2.09. The number of hydrogen-bond acceptors (Lipinski definition) is 1. The maximum atomic E-state index is 11.1. The van der Waals surface area contributed by atoms with Gasteiger partial charge in [0.25, 0.3) is 0 Å². The predicted octanol–water partition coefficient (Wildman–Crippen LogP) is 5.56. The third kappa shape index (κ3) is 10.9. The van der Waals surface area contributed by atoms with Gasteiger partial charge in [0.1, 0.15) is 0 Å². The number of thiol groups is 1. The molecule has 0 aliphatic rings. The summed E-state index contributed by atoms with van der Waals surface area (Å²) >= 11 is 3.86. The Morgan fingerprint density at radius 2 is 1.44 bits per heavy atom. The lowest BCUT2D eigenvalue weighted by Crippen LogP contribution is -2.04. The van der Waals surface area contributed by atoms with Gasteiger partial charge in [-0.15, -0.1) is 19.2 Å². The van der Waals surface area contributed by atoms with E-state index in [1.807, 2.05) is 0 Å². The summed E-state index contributed by atoms with van der Waals surface area (Å²) in [6.07, 6.45) is 15.9. The second-order valence-electron chi connectivity index (χ2n) is 5.15. The summed E-state index contributed by atoms with van der Waals surface area (Å²) in [6.45, 7) is 5.93. The van der Waals surface area contributed by atoms with Crippen LogP contribution in [0.4, 0.5) is 0 Å². The van der Waals surface area contributed by atoms with Crippen LogP contribution in [0.2, 0.25) is 0 Å². The predicted molar refractivity (Wildman–Crippen MR) is 84.1 cm³/mol. The Balaban J connectivity index is 3.20. The monoisotopic (exact) mass is 270 g/mol. The Labute approximate surface area is 119 Å². The van der Waals surface area contributed by atoms with E-state index in [1.165, 1.54) is 57.8 Å². The quantitative estimate of drug-likeness (QED) is 0.263. The van der Waals surface area contributed by atoms with E-state index in [2.05, 4.69) is 26.1 Å². The van der Waals surface area contributed by atoms with Crippen LogP contribution in [0.5, 0.6) is 0 Å². The average molecular weight is 270 g/mol. The Morgan fingerprint density at radius 3 is 1.83 bits per heavy atom.